The highest BCUT2D eigenvalue weighted by Crippen LogP contribution is 2.32. The second kappa shape index (κ2) is 12.4. The molecule has 0 bridgehead atoms. The van der Waals surface area contributed by atoms with E-state index in [1.54, 1.807) is 25.1 Å². The van der Waals surface area contributed by atoms with Gasteiger partial charge in [0.05, 0.1) is 34.5 Å². The number of amides is 1. The van der Waals surface area contributed by atoms with Gasteiger partial charge in [0.15, 0.2) is 0 Å². The number of rotatable bonds is 9. The van der Waals surface area contributed by atoms with Crippen molar-refractivity contribution in [3.05, 3.63) is 83.4 Å². The highest BCUT2D eigenvalue weighted by atomic mass is 35.5. The summed E-state index contributed by atoms with van der Waals surface area (Å²) in [6, 6.07) is 17.4. The van der Waals surface area contributed by atoms with Crippen LogP contribution in [0.3, 0.4) is 0 Å². The molecule has 0 spiro atoms. The molecule has 220 valence electrons. The monoisotopic (exact) mass is 621 g/mol. The SMILES string of the molecule is C[C@@H]1CN([C@@H](C)CO)C(=O)c2cc(NS(=O)(=O)c3ccc(Cl)cc3)ccc2O[C@H]1CN(C)S(=O)(=O)c1ccccc1. The predicted octanol–water partition coefficient (Wildman–Crippen LogP) is 3.68. The lowest BCUT2D eigenvalue weighted by atomic mass is 9.99. The van der Waals surface area contributed by atoms with E-state index < -0.39 is 38.1 Å². The van der Waals surface area contributed by atoms with Crippen molar-refractivity contribution in [1.29, 1.82) is 0 Å². The molecule has 0 saturated heterocycles. The van der Waals surface area contributed by atoms with Crippen molar-refractivity contribution in [3.8, 4) is 5.75 Å². The Morgan fingerprint density at radius 2 is 1.71 bits per heavy atom. The molecule has 1 aliphatic heterocycles. The van der Waals surface area contributed by atoms with E-state index in [-0.39, 0.29) is 52.4 Å². The van der Waals surface area contributed by atoms with E-state index in [4.69, 9.17) is 16.3 Å². The molecule has 13 heteroatoms. The average Bonchev–Trinajstić information content (AvgIpc) is 2.95. The predicted molar refractivity (Wildman–Crippen MR) is 156 cm³/mol. The van der Waals surface area contributed by atoms with Gasteiger partial charge in [-0.3, -0.25) is 9.52 Å². The van der Waals surface area contributed by atoms with Crippen molar-refractivity contribution >= 4 is 43.2 Å². The Morgan fingerprint density at radius 3 is 2.34 bits per heavy atom. The molecule has 0 aromatic heterocycles. The van der Waals surface area contributed by atoms with Crippen molar-refractivity contribution < 1.29 is 31.5 Å². The van der Waals surface area contributed by atoms with E-state index in [1.165, 1.54) is 70.9 Å². The summed E-state index contributed by atoms with van der Waals surface area (Å²) < 4.78 is 62.2. The largest absolute Gasteiger partial charge is 0.488 e. The molecule has 1 amide bonds. The van der Waals surface area contributed by atoms with E-state index in [0.717, 1.165) is 0 Å². The molecule has 3 atom stereocenters. The first-order chi connectivity index (χ1) is 19.3. The number of hydrogen-bond acceptors (Lipinski definition) is 7. The van der Waals surface area contributed by atoms with Gasteiger partial charge in [-0.05, 0) is 61.5 Å². The number of halogens is 1. The summed E-state index contributed by atoms with van der Waals surface area (Å²) in [4.78, 5) is 15.3. The normalized spacial score (nSPS) is 18.7. The Hall–Kier alpha value is -3.16. The third-order valence-corrected chi connectivity index (χ3v) is 10.4. The maximum absolute atomic E-state index is 13.7. The molecule has 0 fully saturated rings. The molecular weight excluding hydrogens is 590 g/mol. The second-order valence-corrected chi connectivity index (χ2v) is 14.2. The van der Waals surface area contributed by atoms with Gasteiger partial charge in [0.2, 0.25) is 10.0 Å². The van der Waals surface area contributed by atoms with Gasteiger partial charge in [-0.1, -0.05) is 36.7 Å². The zero-order chi connectivity index (χ0) is 29.9. The number of aliphatic hydroxyl groups excluding tert-OH is 1. The minimum absolute atomic E-state index is 0.0108. The number of aliphatic hydroxyl groups is 1. The van der Waals surface area contributed by atoms with Crippen LogP contribution in [0.2, 0.25) is 5.02 Å². The Balaban J connectivity index is 1.68. The van der Waals surface area contributed by atoms with Crippen molar-refractivity contribution in [1.82, 2.24) is 9.21 Å². The molecule has 3 aromatic carbocycles. The van der Waals surface area contributed by atoms with E-state index in [9.17, 15) is 26.7 Å². The van der Waals surface area contributed by atoms with Crippen molar-refractivity contribution in [2.24, 2.45) is 5.92 Å². The number of carbonyl (C=O) groups is 1. The third kappa shape index (κ3) is 6.84. The van der Waals surface area contributed by atoms with Crippen LogP contribution >= 0.6 is 11.6 Å². The van der Waals surface area contributed by atoms with Crippen LogP contribution in [0.15, 0.2) is 82.6 Å². The highest BCUT2D eigenvalue weighted by Gasteiger charge is 2.35. The first-order valence-electron chi connectivity index (χ1n) is 12.9. The van der Waals surface area contributed by atoms with Gasteiger partial charge >= 0.3 is 0 Å². The first kappa shape index (κ1) is 30.8. The summed E-state index contributed by atoms with van der Waals surface area (Å²) in [5.41, 5.74) is 0.202. The van der Waals surface area contributed by atoms with E-state index in [1.807, 2.05) is 6.92 Å². The van der Waals surface area contributed by atoms with Crippen LogP contribution < -0.4 is 9.46 Å². The molecule has 1 heterocycles. The van der Waals surface area contributed by atoms with Gasteiger partial charge in [0.25, 0.3) is 15.9 Å². The molecule has 0 radical (unpaired) electrons. The summed E-state index contributed by atoms with van der Waals surface area (Å²) in [7, 11) is -6.34. The molecule has 2 N–H and O–H groups in total. The maximum Gasteiger partial charge on any atom is 0.261 e. The van der Waals surface area contributed by atoms with Crippen molar-refractivity contribution in [2.45, 2.75) is 35.8 Å². The minimum atomic E-state index is -3.99. The number of fused-ring (bicyclic) bond motifs is 1. The van der Waals surface area contributed by atoms with Crippen LogP contribution in [0.1, 0.15) is 24.2 Å². The standard InChI is InChI=1S/C28H32ClN3O7S2/c1-19-16-32(20(2)18-33)28(34)25-15-22(30-40(35,36)23-12-9-21(29)10-13-23)11-14-26(25)39-27(19)17-31(3)41(37,38)24-7-5-4-6-8-24/h4-15,19-20,27,30,33H,16-18H2,1-3H3/t19-,20+,27+/m1/s1. The maximum atomic E-state index is 13.7. The Kier molecular flexibility index (Phi) is 9.29. The minimum Gasteiger partial charge on any atom is -0.488 e. The lowest BCUT2D eigenvalue weighted by molar-refractivity contribution is 0.0387. The highest BCUT2D eigenvalue weighted by molar-refractivity contribution is 7.92. The lowest BCUT2D eigenvalue weighted by Gasteiger charge is -2.38. The van der Waals surface area contributed by atoms with Crippen molar-refractivity contribution in [3.63, 3.8) is 0 Å². The number of ether oxygens (including phenoxy) is 1. The number of anilines is 1. The van der Waals surface area contributed by atoms with Gasteiger partial charge in [-0.15, -0.1) is 0 Å². The number of carbonyl (C=O) groups excluding carboxylic acids is 1. The number of nitrogens with one attached hydrogen (secondary N) is 1. The Labute approximate surface area is 245 Å². The fraction of sp³-hybridized carbons (Fsp3) is 0.321. The zero-order valence-electron chi connectivity index (χ0n) is 22.8. The van der Waals surface area contributed by atoms with Crippen LogP contribution in [-0.2, 0) is 20.0 Å². The molecule has 1 aliphatic rings. The van der Waals surface area contributed by atoms with E-state index >= 15 is 0 Å². The Bertz CT molecular complexity index is 1600. The van der Waals surface area contributed by atoms with Crippen LogP contribution in [0.4, 0.5) is 5.69 Å². The van der Waals surface area contributed by atoms with Gasteiger partial charge in [0, 0.05) is 30.2 Å². The van der Waals surface area contributed by atoms with E-state index in [0.29, 0.717) is 5.02 Å². The second-order valence-electron chi connectivity index (χ2n) is 9.99. The fourth-order valence-electron chi connectivity index (χ4n) is 4.46. The molecule has 3 aromatic rings. The molecule has 0 unspecified atom stereocenters. The van der Waals surface area contributed by atoms with Crippen LogP contribution in [0.25, 0.3) is 0 Å². The smallest absolute Gasteiger partial charge is 0.261 e. The number of sulfonamides is 2. The first-order valence-corrected chi connectivity index (χ1v) is 16.2. The average molecular weight is 622 g/mol. The van der Waals surface area contributed by atoms with Gasteiger partial charge < -0.3 is 14.7 Å². The number of nitrogens with zero attached hydrogens (tertiary/aromatic N) is 2. The fourth-order valence-corrected chi connectivity index (χ4v) is 6.84. The third-order valence-electron chi connectivity index (χ3n) is 6.93. The summed E-state index contributed by atoms with van der Waals surface area (Å²) >= 11 is 5.88. The summed E-state index contributed by atoms with van der Waals surface area (Å²) in [5, 5.41) is 10.3. The Morgan fingerprint density at radius 1 is 1.05 bits per heavy atom. The van der Waals surface area contributed by atoms with Gasteiger partial charge in [-0.2, -0.15) is 4.31 Å². The van der Waals surface area contributed by atoms with Gasteiger partial charge in [-0.25, -0.2) is 16.8 Å². The van der Waals surface area contributed by atoms with Gasteiger partial charge in [0.1, 0.15) is 11.9 Å². The molecule has 0 aliphatic carbocycles. The van der Waals surface area contributed by atoms with Crippen LogP contribution in [-0.4, -0.2) is 75.9 Å². The quantitative estimate of drug-likeness (QED) is 0.372. The van der Waals surface area contributed by atoms with Crippen LogP contribution in [0.5, 0.6) is 5.75 Å². The molecule has 41 heavy (non-hydrogen) atoms. The summed E-state index contributed by atoms with van der Waals surface area (Å²) in [5.74, 6) is -0.608. The lowest BCUT2D eigenvalue weighted by Crippen LogP contribution is -2.50. The van der Waals surface area contributed by atoms with E-state index in [2.05, 4.69) is 4.72 Å². The molecule has 10 nitrogen and oxygen atoms in total. The number of hydrogen-bond donors (Lipinski definition) is 2. The molecule has 0 saturated carbocycles. The topological polar surface area (TPSA) is 133 Å². The summed E-state index contributed by atoms with van der Waals surface area (Å²) in [6.07, 6.45) is -0.671. The zero-order valence-corrected chi connectivity index (χ0v) is 25.2. The summed E-state index contributed by atoms with van der Waals surface area (Å²) in [6.45, 7) is 3.39. The van der Waals surface area contributed by atoms with Crippen molar-refractivity contribution in [2.75, 3.05) is 31.5 Å². The molecule has 4 rings (SSSR count). The number of benzene rings is 3. The number of likely N-dealkylation sites (N-methyl/N-ethyl adjacent to an activating group) is 1. The molecular formula is C28H32ClN3O7S2. The van der Waals surface area contributed by atoms with Crippen LogP contribution in [0, 0.1) is 5.92 Å².